The molecule has 0 aliphatic carbocycles. The van der Waals surface area contributed by atoms with Crippen LogP contribution in [-0.2, 0) is 0 Å². The number of benzene rings is 1. The van der Waals surface area contributed by atoms with Crippen molar-refractivity contribution in [2.45, 2.75) is 32.7 Å². The molecule has 1 saturated heterocycles. The van der Waals surface area contributed by atoms with Crippen molar-refractivity contribution < 1.29 is 4.79 Å². The smallest absolute Gasteiger partial charge is 0.248 e. The number of nitrogens with two attached hydrogens (primary N) is 1. The second-order valence-electron chi connectivity index (χ2n) is 5.67. The molecule has 1 aromatic carbocycles. The van der Waals surface area contributed by atoms with Gasteiger partial charge in [-0.1, -0.05) is 6.92 Å². The number of piperidine rings is 1. The maximum atomic E-state index is 11.0. The van der Waals surface area contributed by atoms with Gasteiger partial charge in [0.2, 0.25) is 5.91 Å². The van der Waals surface area contributed by atoms with Gasteiger partial charge in [0, 0.05) is 23.8 Å². The van der Waals surface area contributed by atoms with Gasteiger partial charge in [-0.2, -0.15) is 0 Å². The number of primary amides is 1. The van der Waals surface area contributed by atoms with Crippen LogP contribution in [0.25, 0.3) is 0 Å². The number of likely N-dealkylation sites (tertiary alicyclic amines) is 1. The summed E-state index contributed by atoms with van der Waals surface area (Å²) in [5.74, 6) is 0.301. The lowest BCUT2D eigenvalue weighted by molar-refractivity contribution is 0.100. The number of nitrogens with one attached hydrogen (secondary N) is 1. The van der Waals surface area contributed by atoms with E-state index in [-0.39, 0.29) is 5.91 Å². The number of anilines is 1. The molecule has 2 atom stereocenters. The Labute approximate surface area is 121 Å². The summed E-state index contributed by atoms with van der Waals surface area (Å²) in [5.41, 5.74) is 6.85. The molecule has 4 nitrogen and oxygen atoms in total. The van der Waals surface area contributed by atoms with Crippen LogP contribution in [0, 0.1) is 5.92 Å². The second kappa shape index (κ2) is 6.75. The van der Waals surface area contributed by atoms with Gasteiger partial charge in [0.05, 0.1) is 0 Å². The fourth-order valence-corrected chi connectivity index (χ4v) is 2.90. The van der Waals surface area contributed by atoms with Gasteiger partial charge < -0.3 is 16.0 Å². The summed E-state index contributed by atoms with van der Waals surface area (Å²) in [5, 5.41) is 3.54. The van der Waals surface area contributed by atoms with Crippen LogP contribution < -0.4 is 11.1 Å². The summed E-state index contributed by atoms with van der Waals surface area (Å²) in [7, 11) is 0. The number of nitrogens with zero attached hydrogens (tertiary/aromatic N) is 1. The van der Waals surface area contributed by atoms with E-state index in [1.54, 1.807) is 12.1 Å². The monoisotopic (exact) mass is 275 g/mol. The normalized spacial score (nSPS) is 21.4. The fraction of sp³-hybridized carbons (Fsp3) is 0.562. The van der Waals surface area contributed by atoms with Gasteiger partial charge in [-0.05, 0) is 63.0 Å². The van der Waals surface area contributed by atoms with Crippen LogP contribution in [0.15, 0.2) is 24.3 Å². The minimum absolute atomic E-state index is 0.379. The van der Waals surface area contributed by atoms with Crippen molar-refractivity contribution in [3.05, 3.63) is 29.8 Å². The Hall–Kier alpha value is -1.55. The van der Waals surface area contributed by atoms with Crippen molar-refractivity contribution in [2.24, 2.45) is 11.7 Å². The zero-order valence-electron chi connectivity index (χ0n) is 12.4. The maximum absolute atomic E-state index is 11.0. The first-order valence-electron chi connectivity index (χ1n) is 7.49. The summed E-state index contributed by atoms with van der Waals surface area (Å²) >= 11 is 0. The zero-order valence-corrected chi connectivity index (χ0v) is 12.4. The third kappa shape index (κ3) is 3.73. The van der Waals surface area contributed by atoms with E-state index < -0.39 is 0 Å². The van der Waals surface area contributed by atoms with E-state index in [0.29, 0.717) is 17.5 Å². The summed E-state index contributed by atoms with van der Waals surface area (Å²) in [6, 6.07) is 7.84. The van der Waals surface area contributed by atoms with Crippen LogP contribution in [-0.4, -0.2) is 36.5 Å². The molecule has 1 heterocycles. The molecule has 0 spiro atoms. The highest BCUT2D eigenvalue weighted by Crippen LogP contribution is 2.22. The fourth-order valence-electron chi connectivity index (χ4n) is 2.90. The zero-order chi connectivity index (χ0) is 14.5. The molecule has 0 aromatic heterocycles. The largest absolute Gasteiger partial charge is 0.382 e. The van der Waals surface area contributed by atoms with Gasteiger partial charge in [0.1, 0.15) is 0 Å². The highest BCUT2D eigenvalue weighted by Gasteiger charge is 2.23. The van der Waals surface area contributed by atoms with Crippen molar-refractivity contribution in [2.75, 3.05) is 25.0 Å². The van der Waals surface area contributed by atoms with Gasteiger partial charge in [0.25, 0.3) is 0 Å². The third-order valence-corrected chi connectivity index (χ3v) is 4.26. The highest BCUT2D eigenvalue weighted by molar-refractivity contribution is 5.93. The van der Waals surface area contributed by atoms with Crippen molar-refractivity contribution in [3.63, 3.8) is 0 Å². The Morgan fingerprint density at radius 2 is 2.15 bits per heavy atom. The molecule has 1 fully saturated rings. The molecule has 0 saturated carbocycles. The standard InChI is InChI=1S/C16H25N3O/c1-3-19-10-4-5-14(11-19)12(2)18-15-8-6-13(7-9-15)16(17)20/h6-9,12,14,18H,3-5,10-11H2,1-2H3,(H2,17,20). The molecule has 110 valence electrons. The minimum atomic E-state index is -0.379. The van der Waals surface area contributed by atoms with Gasteiger partial charge >= 0.3 is 0 Å². The maximum Gasteiger partial charge on any atom is 0.248 e. The van der Waals surface area contributed by atoms with E-state index in [2.05, 4.69) is 24.1 Å². The van der Waals surface area contributed by atoms with E-state index in [4.69, 9.17) is 5.73 Å². The summed E-state index contributed by atoms with van der Waals surface area (Å²) < 4.78 is 0. The van der Waals surface area contributed by atoms with Gasteiger partial charge in [-0.3, -0.25) is 4.79 Å². The van der Waals surface area contributed by atoms with Crippen LogP contribution in [0.3, 0.4) is 0 Å². The lowest BCUT2D eigenvalue weighted by Gasteiger charge is -2.35. The predicted molar refractivity (Wildman–Crippen MR) is 82.9 cm³/mol. The molecule has 0 bridgehead atoms. The number of carbonyl (C=O) groups excluding carboxylic acids is 1. The molecule has 2 unspecified atom stereocenters. The van der Waals surface area contributed by atoms with Crippen LogP contribution in [0.2, 0.25) is 0 Å². The van der Waals surface area contributed by atoms with E-state index in [9.17, 15) is 4.79 Å². The first-order valence-corrected chi connectivity index (χ1v) is 7.49. The van der Waals surface area contributed by atoms with Crippen molar-refractivity contribution in [1.29, 1.82) is 0 Å². The van der Waals surface area contributed by atoms with Crippen molar-refractivity contribution in [3.8, 4) is 0 Å². The Morgan fingerprint density at radius 1 is 1.45 bits per heavy atom. The Morgan fingerprint density at radius 3 is 2.75 bits per heavy atom. The molecular weight excluding hydrogens is 250 g/mol. The second-order valence-corrected chi connectivity index (χ2v) is 5.67. The van der Waals surface area contributed by atoms with E-state index >= 15 is 0 Å². The lowest BCUT2D eigenvalue weighted by atomic mass is 9.91. The molecule has 2 rings (SSSR count). The van der Waals surface area contributed by atoms with Gasteiger partial charge in [-0.25, -0.2) is 0 Å². The first kappa shape index (κ1) is 14.9. The van der Waals surface area contributed by atoms with Crippen LogP contribution in [0.1, 0.15) is 37.0 Å². The molecule has 1 aliphatic rings. The Kier molecular flexibility index (Phi) is 5.01. The number of amides is 1. The van der Waals surface area contributed by atoms with E-state index in [0.717, 1.165) is 12.2 Å². The average molecular weight is 275 g/mol. The van der Waals surface area contributed by atoms with Gasteiger partial charge in [0.15, 0.2) is 0 Å². The lowest BCUT2D eigenvalue weighted by Crippen LogP contribution is -2.41. The van der Waals surface area contributed by atoms with Gasteiger partial charge in [-0.15, -0.1) is 0 Å². The van der Waals surface area contributed by atoms with E-state index in [1.165, 1.54) is 25.9 Å². The quantitative estimate of drug-likeness (QED) is 0.867. The summed E-state index contributed by atoms with van der Waals surface area (Å²) in [6.45, 7) is 8.00. The Bertz CT molecular complexity index is 444. The number of carbonyl (C=O) groups is 1. The van der Waals surface area contributed by atoms with Crippen LogP contribution in [0.4, 0.5) is 5.69 Å². The summed E-state index contributed by atoms with van der Waals surface area (Å²) in [4.78, 5) is 13.6. The predicted octanol–water partition coefficient (Wildman–Crippen LogP) is 2.32. The van der Waals surface area contributed by atoms with Crippen molar-refractivity contribution in [1.82, 2.24) is 4.90 Å². The van der Waals surface area contributed by atoms with Crippen LogP contribution in [0.5, 0.6) is 0 Å². The number of hydrogen-bond acceptors (Lipinski definition) is 3. The highest BCUT2D eigenvalue weighted by atomic mass is 16.1. The molecular formula is C16H25N3O. The molecule has 1 aromatic rings. The van der Waals surface area contributed by atoms with Crippen LogP contribution >= 0.6 is 0 Å². The third-order valence-electron chi connectivity index (χ3n) is 4.26. The average Bonchev–Trinajstić information content (AvgIpc) is 2.47. The molecule has 1 aliphatic heterocycles. The number of rotatable bonds is 5. The summed E-state index contributed by atoms with van der Waals surface area (Å²) in [6.07, 6.45) is 2.56. The molecule has 1 amide bonds. The van der Waals surface area contributed by atoms with Crippen molar-refractivity contribution >= 4 is 11.6 Å². The SMILES string of the molecule is CCN1CCCC(C(C)Nc2ccc(C(N)=O)cc2)C1. The first-order chi connectivity index (χ1) is 9.60. The molecule has 3 N–H and O–H groups in total. The molecule has 20 heavy (non-hydrogen) atoms. The topological polar surface area (TPSA) is 58.4 Å². The number of hydrogen-bond donors (Lipinski definition) is 2. The minimum Gasteiger partial charge on any atom is -0.382 e. The Balaban J connectivity index is 1.93. The van der Waals surface area contributed by atoms with E-state index in [1.807, 2.05) is 12.1 Å². The molecule has 4 heteroatoms. The molecule has 0 radical (unpaired) electrons.